The molecule has 0 bridgehead atoms. The summed E-state index contributed by atoms with van der Waals surface area (Å²) in [6.07, 6.45) is 2.22. The Bertz CT molecular complexity index is 1120. The van der Waals surface area contributed by atoms with Gasteiger partial charge in [0.1, 0.15) is 5.75 Å². The monoisotopic (exact) mass is 465 g/mol. The van der Waals surface area contributed by atoms with E-state index >= 15 is 0 Å². The molecular formula is C26H31N3O3S. The second kappa shape index (κ2) is 10.1. The molecule has 7 heteroatoms. The molecule has 0 radical (unpaired) electrons. The van der Waals surface area contributed by atoms with E-state index in [1.54, 1.807) is 7.11 Å². The van der Waals surface area contributed by atoms with E-state index in [1.165, 1.54) is 11.8 Å². The van der Waals surface area contributed by atoms with Crippen LogP contribution in [0.1, 0.15) is 45.5 Å². The number of rotatable bonds is 8. The number of aryl methyl sites for hydroxylation is 2. The van der Waals surface area contributed by atoms with Crippen molar-refractivity contribution in [1.82, 2.24) is 14.8 Å². The van der Waals surface area contributed by atoms with Crippen LogP contribution >= 0.6 is 11.8 Å². The van der Waals surface area contributed by atoms with Crippen molar-refractivity contribution in [3.63, 3.8) is 0 Å². The number of methoxy groups -OCH3 is 1. The van der Waals surface area contributed by atoms with Crippen LogP contribution in [0.4, 0.5) is 0 Å². The molecule has 0 amide bonds. The van der Waals surface area contributed by atoms with Crippen molar-refractivity contribution in [2.45, 2.75) is 58.3 Å². The van der Waals surface area contributed by atoms with Crippen LogP contribution < -0.4 is 4.74 Å². The molecule has 2 heterocycles. The molecule has 1 fully saturated rings. The Balaban J connectivity index is 1.61. The van der Waals surface area contributed by atoms with Crippen molar-refractivity contribution in [2.24, 2.45) is 0 Å². The Labute approximate surface area is 199 Å². The highest BCUT2D eigenvalue weighted by Crippen LogP contribution is 2.29. The third-order valence-electron chi connectivity index (χ3n) is 6.45. The third-order valence-corrected chi connectivity index (χ3v) is 7.42. The van der Waals surface area contributed by atoms with Crippen LogP contribution in [0.3, 0.4) is 0 Å². The molecule has 2 aromatic carbocycles. The molecule has 0 N–H and O–H groups in total. The fraction of sp³-hybridized carbons (Fsp3) is 0.423. The number of ether oxygens (including phenoxy) is 2. The predicted molar refractivity (Wildman–Crippen MR) is 131 cm³/mol. The van der Waals surface area contributed by atoms with Crippen molar-refractivity contribution in [3.05, 3.63) is 58.1 Å². The van der Waals surface area contributed by atoms with Gasteiger partial charge in [-0.1, -0.05) is 17.8 Å². The fourth-order valence-electron chi connectivity index (χ4n) is 4.34. The van der Waals surface area contributed by atoms with Crippen molar-refractivity contribution in [2.75, 3.05) is 19.5 Å². The molecule has 1 unspecified atom stereocenters. The summed E-state index contributed by atoms with van der Waals surface area (Å²) in [7, 11) is 1.65. The average molecular weight is 466 g/mol. The molecular weight excluding hydrogens is 434 g/mol. The number of carbonyl (C=O) groups is 1. The van der Waals surface area contributed by atoms with Crippen LogP contribution in [0.25, 0.3) is 11.4 Å². The van der Waals surface area contributed by atoms with E-state index in [4.69, 9.17) is 9.47 Å². The first-order valence-electron chi connectivity index (χ1n) is 11.3. The SMILES string of the molecule is COc1ccc(-c2nnc(SCC(=O)c3c(C)c(C)cc(C)c3C)n2CC2CCCO2)cc1. The van der Waals surface area contributed by atoms with Gasteiger partial charge in [0, 0.05) is 17.7 Å². The van der Waals surface area contributed by atoms with Crippen molar-refractivity contribution in [1.29, 1.82) is 0 Å². The fourth-order valence-corrected chi connectivity index (χ4v) is 5.16. The van der Waals surface area contributed by atoms with E-state index in [0.29, 0.717) is 12.3 Å². The molecule has 0 saturated carbocycles. The lowest BCUT2D eigenvalue weighted by Crippen LogP contribution is -2.17. The van der Waals surface area contributed by atoms with Crippen LogP contribution in [-0.4, -0.2) is 46.1 Å². The van der Waals surface area contributed by atoms with Gasteiger partial charge in [-0.2, -0.15) is 0 Å². The molecule has 6 nitrogen and oxygen atoms in total. The number of nitrogens with zero attached hydrogens (tertiary/aromatic N) is 3. The lowest BCUT2D eigenvalue weighted by atomic mass is 9.92. The minimum atomic E-state index is 0.125. The van der Waals surface area contributed by atoms with Gasteiger partial charge >= 0.3 is 0 Å². The molecule has 1 saturated heterocycles. The van der Waals surface area contributed by atoms with E-state index in [2.05, 4.69) is 34.7 Å². The summed E-state index contributed by atoms with van der Waals surface area (Å²) in [5.74, 6) is 2.02. The summed E-state index contributed by atoms with van der Waals surface area (Å²) in [6.45, 7) is 9.64. The predicted octanol–water partition coefficient (Wildman–Crippen LogP) is 5.34. The molecule has 4 rings (SSSR count). The van der Waals surface area contributed by atoms with Gasteiger partial charge in [-0.05, 0) is 87.1 Å². The van der Waals surface area contributed by atoms with Gasteiger partial charge in [0.2, 0.25) is 0 Å². The number of hydrogen-bond acceptors (Lipinski definition) is 6. The lowest BCUT2D eigenvalue weighted by Gasteiger charge is -2.16. The molecule has 33 heavy (non-hydrogen) atoms. The maximum Gasteiger partial charge on any atom is 0.192 e. The van der Waals surface area contributed by atoms with Gasteiger partial charge < -0.3 is 9.47 Å². The van der Waals surface area contributed by atoms with Gasteiger partial charge in [-0.25, -0.2) is 0 Å². The minimum Gasteiger partial charge on any atom is -0.497 e. The second-order valence-electron chi connectivity index (χ2n) is 8.63. The summed E-state index contributed by atoms with van der Waals surface area (Å²) in [4.78, 5) is 13.3. The van der Waals surface area contributed by atoms with E-state index in [1.807, 2.05) is 38.1 Å². The van der Waals surface area contributed by atoms with Crippen molar-refractivity contribution < 1.29 is 14.3 Å². The number of ketones is 1. The van der Waals surface area contributed by atoms with Gasteiger partial charge in [0.25, 0.3) is 0 Å². The van der Waals surface area contributed by atoms with Crippen molar-refractivity contribution in [3.8, 4) is 17.1 Å². The van der Waals surface area contributed by atoms with Crippen LogP contribution in [-0.2, 0) is 11.3 Å². The molecule has 174 valence electrons. The van der Waals surface area contributed by atoms with E-state index in [-0.39, 0.29) is 11.9 Å². The number of hydrogen-bond donors (Lipinski definition) is 0. The quantitative estimate of drug-likeness (QED) is 0.330. The summed E-state index contributed by atoms with van der Waals surface area (Å²) in [6, 6.07) is 9.95. The first kappa shape index (κ1) is 23.5. The Morgan fingerprint density at radius 2 is 1.82 bits per heavy atom. The largest absolute Gasteiger partial charge is 0.497 e. The number of benzene rings is 2. The van der Waals surface area contributed by atoms with E-state index < -0.39 is 0 Å². The highest BCUT2D eigenvalue weighted by atomic mass is 32.2. The maximum atomic E-state index is 13.3. The zero-order chi connectivity index (χ0) is 23.5. The highest BCUT2D eigenvalue weighted by Gasteiger charge is 2.23. The zero-order valence-corrected chi connectivity index (χ0v) is 20.8. The van der Waals surface area contributed by atoms with Crippen LogP contribution in [0, 0.1) is 27.7 Å². The summed E-state index contributed by atoms with van der Waals surface area (Å²) >= 11 is 1.45. The van der Waals surface area contributed by atoms with Crippen LogP contribution in [0.5, 0.6) is 5.75 Å². The highest BCUT2D eigenvalue weighted by molar-refractivity contribution is 7.99. The lowest BCUT2D eigenvalue weighted by molar-refractivity contribution is 0.0953. The number of aromatic nitrogens is 3. The zero-order valence-electron chi connectivity index (χ0n) is 20.0. The number of carbonyl (C=O) groups excluding carboxylic acids is 1. The molecule has 3 aromatic rings. The Morgan fingerprint density at radius 3 is 2.42 bits per heavy atom. The summed E-state index contributed by atoms with van der Waals surface area (Å²) in [5, 5.41) is 9.68. The maximum absolute atomic E-state index is 13.3. The van der Waals surface area contributed by atoms with Crippen molar-refractivity contribution >= 4 is 17.5 Å². The minimum absolute atomic E-state index is 0.125. The first-order valence-corrected chi connectivity index (χ1v) is 12.3. The smallest absolute Gasteiger partial charge is 0.192 e. The Hall–Kier alpha value is -2.64. The topological polar surface area (TPSA) is 66.2 Å². The Kier molecular flexibility index (Phi) is 7.20. The van der Waals surface area contributed by atoms with Crippen LogP contribution in [0.15, 0.2) is 35.5 Å². The molecule has 1 aromatic heterocycles. The van der Waals surface area contributed by atoms with Gasteiger partial charge in [-0.3, -0.25) is 9.36 Å². The van der Waals surface area contributed by atoms with E-state index in [0.717, 1.165) is 69.6 Å². The second-order valence-corrected chi connectivity index (χ2v) is 9.57. The van der Waals surface area contributed by atoms with E-state index in [9.17, 15) is 4.79 Å². The Morgan fingerprint density at radius 1 is 1.12 bits per heavy atom. The summed E-state index contributed by atoms with van der Waals surface area (Å²) < 4.78 is 13.3. The average Bonchev–Trinajstić information content (AvgIpc) is 3.47. The standard InChI is InChI=1S/C26H31N3O3S/c1-16-13-17(2)19(4)24(18(16)3)23(30)15-33-26-28-27-25(20-8-10-21(31-5)11-9-20)29(26)14-22-7-6-12-32-22/h8-11,13,22H,6-7,12,14-15H2,1-5H3. The first-order chi connectivity index (χ1) is 15.9. The van der Waals surface area contributed by atoms with Crippen LogP contribution in [0.2, 0.25) is 0 Å². The normalized spacial score (nSPS) is 15.7. The van der Waals surface area contributed by atoms with Gasteiger partial charge in [-0.15, -0.1) is 10.2 Å². The third kappa shape index (κ3) is 4.99. The number of thioether (sulfide) groups is 1. The molecule has 1 atom stereocenters. The molecule has 1 aliphatic rings. The number of Topliss-reactive ketones (excluding diaryl/α,β-unsaturated/α-hetero) is 1. The molecule has 1 aliphatic heterocycles. The molecule has 0 aliphatic carbocycles. The summed E-state index contributed by atoms with van der Waals surface area (Å²) in [5.41, 5.74) is 6.21. The van der Waals surface area contributed by atoms with Gasteiger partial charge in [0.15, 0.2) is 16.8 Å². The van der Waals surface area contributed by atoms with Gasteiger partial charge in [0.05, 0.1) is 25.5 Å². The molecule has 0 spiro atoms.